The van der Waals surface area contributed by atoms with E-state index >= 15 is 0 Å². The number of fused-ring (bicyclic) bond motifs is 1. The van der Waals surface area contributed by atoms with Crippen LogP contribution in [-0.4, -0.2) is 11.8 Å². The molecule has 19 heavy (non-hydrogen) atoms. The Kier molecular flexibility index (Phi) is 5.95. The van der Waals surface area contributed by atoms with Crippen LogP contribution in [0.3, 0.4) is 0 Å². The van der Waals surface area contributed by atoms with Gasteiger partial charge in [-0.05, 0) is 30.9 Å². The van der Waals surface area contributed by atoms with Gasteiger partial charge in [-0.1, -0.05) is 37.1 Å². The first kappa shape index (κ1) is 14.6. The third-order valence-corrected chi connectivity index (χ3v) is 5.07. The second-order valence-electron chi connectivity index (χ2n) is 5.16. The van der Waals surface area contributed by atoms with Crippen molar-refractivity contribution in [1.29, 1.82) is 0 Å². The monoisotopic (exact) mass is 276 g/mol. The van der Waals surface area contributed by atoms with Crippen LogP contribution in [0, 0.1) is 0 Å². The van der Waals surface area contributed by atoms with Crippen molar-refractivity contribution in [1.82, 2.24) is 5.43 Å². The largest absolute Gasteiger partial charge is 0.271 e. The van der Waals surface area contributed by atoms with Crippen LogP contribution < -0.4 is 11.3 Å². The van der Waals surface area contributed by atoms with E-state index in [0.717, 1.165) is 18.6 Å². The minimum absolute atomic E-state index is 0.403. The van der Waals surface area contributed by atoms with Gasteiger partial charge in [0, 0.05) is 22.6 Å². The van der Waals surface area contributed by atoms with Crippen LogP contribution in [0.25, 0.3) is 0 Å². The van der Waals surface area contributed by atoms with Crippen LogP contribution in [0.4, 0.5) is 0 Å². The molecule has 1 aliphatic rings. The van der Waals surface area contributed by atoms with Crippen molar-refractivity contribution in [3.05, 3.63) is 42.5 Å². The van der Waals surface area contributed by atoms with Gasteiger partial charge in [0.05, 0.1) is 0 Å². The number of unbranched alkanes of at least 4 members (excludes halogenated alkanes) is 3. The number of benzene rings is 1. The van der Waals surface area contributed by atoms with E-state index in [2.05, 4.69) is 36.3 Å². The molecule has 0 bridgehead atoms. The van der Waals surface area contributed by atoms with Gasteiger partial charge >= 0.3 is 0 Å². The highest BCUT2D eigenvalue weighted by atomic mass is 32.2. The topological polar surface area (TPSA) is 38.0 Å². The normalized spacial score (nSPS) is 19.1. The molecule has 2 rings (SSSR count). The van der Waals surface area contributed by atoms with E-state index in [9.17, 15) is 0 Å². The molecule has 3 heteroatoms. The Hall–Kier alpha value is -0.770. The summed E-state index contributed by atoms with van der Waals surface area (Å²) < 4.78 is 0. The van der Waals surface area contributed by atoms with E-state index in [0.29, 0.717) is 12.0 Å². The molecule has 0 amide bonds. The molecule has 1 aromatic rings. The minimum atomic E-state index is 0.403. The van der Waals surface area contributed by atoms with Gasteiger partial charge in [0.1, 0.15) is 0 Å². The van der Waals surface area contributed by atoms with Crippen molar-refractivity contribution < 1.29 is 0 Å². The standard InChI is InChI=1S/C16H24N2S/c1-2-3-4-5-6-10-15(18-17)14-12-19-16-11-8-7-9-13(14)16/h2,7-9,11,14-15,18H,1,3-6,10,12,17H2. The van der Waals surface area contributed by atoms with Gasteiger partial charge in [-0.3, -0.25) is 11.3 Å². The fourth-order valence-corrected chi connectivity index (χ4v) is 4.08. The lowest BCUT2D eigenvalue weighted by molar-refractivity contribution is 0.419. The van der Waals surface area contributed by atoms with Crippen molar-refractivity contribution in [2.45, 2.75) is 49.0 Å². The second-order valence-corrected chi connectivity index (χ2v) is 6.22. The summed E-state index contributed by atoms with van der Waals surface area (Å²) in [5.74, 6) is 7.49. The van der Waals surface area contributed by atoms with E-state index in [-0.39, 0.29) is 0 Å². The molecular weight excluding hydrogens is 252 g/mol. The van der Waals surface area contributed by atoms with Crippen molar-refractivity contribution in [3.63, 3.8) is 0 Å². The zero-order valence-corrected chi connectivity index (χ0v) is 12.3. The molecule has 0 saturated carbocycles. The second kappa shape index (κ2) is 7.73. The van der Waals surface area contributed by atoms with E-state index in [1.54, 1.807) is 0 Å². The number of hydrogen-bond acceptors (Lipinski definition) is 3. The van der Waals surface area contributed by atoms with Crippen LogP contribution in [0.1, 0.15) is 43.6 Å². The van der Waals surface area contributed by atoms with Crippen molar-refractivity contribution >= 4 is 11.8 Å². The van der Waals surface area contributed by atoms with Gasteiger partial charge in [0.2, 0.25) is 0 Å². The molecule has 1 heterocycles. The maximum atomic E-state index is 5.78. The maximum Gasteiger partial charge on any atom is 0.0287 e. The third kappa shape index (κ3) is 3.85. The molecular formula is C16H24N2S. The molecule has 0 radical (unpaired) electrons. The molecule has 1 aliphatic heterocycles. The zero-order valence-electron chi connectivity index (χ0n) is 11.5. The highest BCUT2D eigenvalue weighted by Gasteiger charge is 2.29. The highest BCUT2D eigenvalue weighted by Crippen LogP contribution is 2.41. The van der Waals surface area contributed by atoms with Gasteiger partial charge in [-0.15, -0.1) is 18.3 Å². The average molecular weight is 276 g/mol. The Morgan fingerprint density at radius 2 is 2.21 bits per heavy atom. The molecule has 2 nitrogen and oxygen atoms in total. The number of hydrazine groups is 1. The zero-order chi connectivity index (χ0) is 13.5. The van der Waals surface area contributed by atoms with E-state index in [1.807, 2.05) is 17.8 Å². The summed E-state index contributed by atoms with van der Waals surface area (Å²) in [6.45, 7) is 3.76. The lowest BCUT2D eigenvalue weighted by atomic mass is 9.90. The first-order valence-corrected chi connectivity index (χ1v) is 8.14. The number of nitrogens with one attached hydrogen (secondary N) is 1. The van der Waals surface area contributed by atoms with Gasteiger partial charge < -0.3 is 0 Å². The molecule has 1 aromatic carbocycles. The molecule has 2 atom stereocenters. The van der Waals surface area contributed by atoms with E-state index in [4.69, 9.17) is 5.84 Å². The predicted octanol–water partition coefficient (Wildman–Crippen LogP) is 3.84. The fraction of sp³-hybridized carbons (Fsp3) is 0.500. The molecule has 104 valence electrons. The fourth-order valence-electron chi connectivity index (χ4n) is 2.75. The summed E-state index contributed by atoms with van der Waals surface area (Å²) >= 11 is 1.96. The summed E-state index contributed by atoms with van der Waals surface area (Å²) in [6, 6.07) is 9.13. The lowest BCUT2D eigenvalue weighted by Gasteiger charge is -2.23. The SMILES string of the molecule is C=CCCCCCC(NN)C1CSc2ccccc21. The molecule has 0 spiro atoms. The first-order valence-electron chi connectivity index (χ1n) is 7.15. The van der Waals surface area contributed by atoms with Gasteiger partial charge in [0.15, 0.2) is 0 Å². The summed E-state index contributed by atoms with van der Waals surface area (Å²) in [6.07, 6.45) is 8.05. The Labute approximate surface area is 120 Å². The average Bonchev–Trinajstić information content (AvgIpc) is 2.87. The summed E-state index contributed by atoms with van der Waals surface area (Å²) in [5.41, 5.74) is 4.52. The molecule has 2 unspecified atom stereocenters. The Bertz CT molecular complexity index is 405. The molecule has 0 saturated heterocycles. The van der Waals surface area contributed by atoms with Gasteiger partial charge in [-0.25, -0.2) is 0 Å². The number of rotatable bonds is 8. The number of thioether (sulfide) groups is 1. The van der Waals surface area contributed by atoms with Crippen LogP contribution in [0.15, 0.2) is 41.8 Å². The van der Waals surface area contributed by atoms with E-state index in [1.165, 1.54) is 29.7 Å². The van der Waals surface area contributed by atoms with Gasteiger partial charge in [-0.2, -0.15) is 0 Å². The predicted molar refractivity (Wildman–Crippen MR) is 84.3 cm³/mol. The van der Waals surface area contributed by atoms with E-state index < -0.39 is 0 Å². The van der Waals surface area contributed by atoms with Crippen molar-refractivity contribution in [2.24, 2.45) is 5.84 Å². The summed E-state index contributed by atoms with van der Waals surface area (Å²) in [4.78, 5) is 1.43. The van der Waals surface area contributed by atoms with Crippen LogP contribution in [-0.2, 0) is 0 Å². The molecule has 0 aromatic heterocycles. The summed E-state index contributed by atoms with van der Waals surface area (Å²) in [5, 5.41) is 0. The minimum Gasteiger partial charge on any atom is -0.271 e. The van der Waals surface area contributed by atoms with Crippen molar-refractivity contribution in [3.8, 4) is 0 Å². The van der Waals surface area contributed by atoms with Crippen LogP contribution in [0.5, 0.6) is 0 Å². The highest BCUT2D eigenvalue weighted by molar-refractivity contribution is 7.99. The summed E-state index contributed by atoms with van der Waals surface area (Å²) in [7, 11) is 0. The molecule has 0 fully saturated rings. The quantitative estimate of drug-likeness (QED) is 0.328. The third-order valence-electron chi connectivity index (χ3n) is 3.86. The van der Waals surface area contributed by atoms with Crippen molar-refractivity contribution in [2.75, 3.05) is 5.75 Å². The number of hydrogen-bond donors (Lipinski definition) is 2. The Balaban J connectivity index is 1.87. The molecule has 3 N–H and O–H groups in total. The lowest BCUT2D eigenvalue weighted by Crippen LogP contribution is -2.40. The number of allylic oxidation sites excluding steroid dienone is 1. The van der Waals surface area contributed by atoms with Crippen LogP contribution >= 0.6 is 11.8 Å². The maximum absolute atomic E-state index is 5.78. The first-order chi connectivity index (χ1) is 9.36. The number of nitrogens with two attached hydrogens (primary N) is 1. The Morgan fingerprint density at radius 1 is 1.37 bits per heavy atom. The molecule has 0 aliphatic carbocycles. The van der Waals surface area contributed by atoms with Gasteiger partial charge in [0.25, 0.3) is 0 Å². The van der Waals surface area contributed by atoms with Crippen LogP contribution in [0.2, 0.25) is 0 Å². The Morgan fingerprint density at radius 3 is 3.00 bits per heavy atom. The smallest absolute Gasteiger partial charge is 0.0287 e.